The van der Waals surface area contributed by atoms with Crippen molar-refractivity contribution in [2.24, 2.45) is 0 Å². The van der Waals surface area contributed by atoms with E-state index in [0.29, 0.717) is 5.02 Å². The van der Waals surface area contributed by atoms with Gasteiger partial charge in [-0.25, -0.2) is 0 Å². The molecule has 19 heavy (non-hydrogen) atoms. The molecule has 0 saturated heterocycles. The minimum atomic E-state index is -0.101. The maximum atomic E-state index is 11.4. The first-order valence-corrected chi connectivity index (χ1v) is 6.93. The van der Waals surface area contributed by atoms with Crippen LogP contribution in [0, 0.1) is 0 Å². The molecule has 2 nitrogen and oxygen atoms in total. The van der Waals surface area contributed by atoms with E-state index in [4.69, 9.17) is 11.6 Å². The number of hydrogen-bond acceptors (Lipinski definition) is 1. The number of carbonyl (C=O) groups is 1. The van der Waals surface area contributed by atoms with Crippen molar-refractivity contribution in [2.75, 3.05) is 5.32 Å². The minimum Gasteiger partial charge on any atom is -0.325 e. The van der Waals surface area contributed by atoms with E-state index >= 15 is 0 Å². The highest BCUT2D eigenvalue weighted by Gasteiger charge is 2.24. The first-order valence-electron chi connectivity index (χ1n) is 6.55. The normalized spacial score (nSPS) is 12.4. The second kappa shape index (κ2) is 5.16. The van der Waals surface area contributed by atoms with E-state index in [-0.39, 0.29) is 16.7 Å². The molecule has 0 aliphatic heterocycles. The Kier molecular flexibility index (Phi) is 4.36. The maximum absolute atomic E-state index is 11.4. The molecule has 0 unspecified atom stereocenters. The fourth-order valence-corrected chi connectivity index (χ4v) is 2.20. The Morgan fingerprint density at radius 2 is 1.58 bits per heavy atom. The Labute approximate surface area is 121 Å². The van der Waals surface area contributed by atoms with Crippen molar-refractivity contribution >= 4 is 23.2 Å². The van der Waals surface area contributed by atoms with Crippen LogP contribution in [0.4, 0.5) is 5.69 Å². The van der Waals surface area contributed by atoms with Gasteiger partial charge in [0.05, 0.1) is 10.7 Å². The van der Waals surface area contributed by atoms with Gasteiger partial charge in [0.1, 0.15) is 0 Å². The van der Waals surface area contributed by atoms with Crippen LogP contribution < -0.4 is 5.32 Å². The average Bonchev–Trinajstić information content (AvgIpc) is 2.16. The Hall–Kier alpha value is -1.02. The molecule has 1 N–H and O–H groups in total. The van der Waals surface area contributed by atoms with E-state index in [0.717, 1.165) is 11.3 Å². The highest BCUT2D eigenvalue weighted by molar-refractivity contribution is 6.34. The Morgan fingerprint density at radius 1 is 1.05 bits per heavy atom. The van der Waals surface area contributed by atoms with Crippen LogP contribution in [0.3, 0.4) is 0 Å². The zero-order chi connectivity index (χ0) is 15.0. The lowest BCUT2D eigenvalue weighted by Crippen LogP contribution is -2.20. The molecular weight excluding hydrogens is 258 g/mol. The largest absolute Gasteiger partial charge is 0.325 e. The molecule has 0 fully saturated rings. The lowest BCUT2D eigenvalue weighted by molar-refractivity contribution is -0.114. The number of halogens is 1. The molecule has 0 saturated carbocycles. The van der Waals surface area contributed by atoms with E-state index in [9.17, 15) is 4.79 Å². The number of carbonyl (C=O) groups excluding carboxylic acids is 1. The first kappa shape index (κ1) is 16.0. The predicted molar refractivity (Wildman–Crippen MR) is 83.2 cm³/mol. The second-order valence-corrected chi connectivity index (χ2v) is 7.47. The summed E-state index contributed by atoms with van der Waals surface area (Å²) in [7, 11) is 0. The van der Waals surface area contributed by atoms with Gasteiger partial charge in [0.25, 0.3) is 0 Å². The highest BCUT2D eigenvalue weighted by atomic mass is 35.5. The number of anilines is 1. The number of rotatable bonds is 1. The van der Waals surface area contributed by atoms with Gasteiger partial charge in [-0.05, 0) is 28.0 Å². The molecule has 1 amide bonds. The molecule has 1 aromatic rings. The average molecular weight is 282 g/mol. The number of hydrogen-bond donors (Lipinski definition) is 1. The van der Waals surface area contributed by atoms with E-state index in [1.807, 2.05) is 6.07 Å². The van der Waals surface area contributed by atoms with E-state index in [1.165, 1.54) is 12.5 Å². The molecule has 1 rings (SSSR count). The van der Waals surface area contributed by atoms with Gasteiger partial charge >= 0.3 is 0 Å². The van der Waals surface area contributed by atoms with E-state index in [2.05, 4.69) is 52.9 Å². The fourth-order valence-electron chi connectivity index (χ4n) is 1.93. The van der Waals surface area contributed by atoms with E-state index < -0.39 is 0 Å². The zero-order valence-corrected chi connectivity index (χ0v) is 13.7. The lowest BCUT2D eigenvalue weighted by Gasteiger charge is -2.28. The third-order valence-electron chi connectivity index (χ3n) is 3.07. The summed E-state index contributed by atoms with van der Waals surface area (Å²) in [5.74, 6) is -0.101. The summed E-state index contributed by atoms with van der Waals surface area (Å²) in [5, 5.41) is 3.46. The molecule has 0 radical (unpaired) electrons. The van der Waals surface area contributed by atoms with Gasteiger partial charge in [-0.3, -0.25) is 4.79 Å². The topological polar surface area (TPSA) is 29.1 Å². The molecule has 3 heteroatoms. The summed E-state index contributed by atoms with van der Waals surface area (Å²) >= 11 is 6.38. The van der Waals surface area contributed by atoms with E-state index in [1.54, 1.807) is 0 Å². The molecule has 0 aliphatic rings. The summed E-state index contributed by atoms with van der Waals surface area (Å²) in [6, 6.07) is 4.10. The number of nitrogens with one attached hydrogen (secondary N) is 1. The predicted octanol–water partition coefficient (Wildman–Crippen LogP) is 4.89. The van der Waals surface area contributed by atoms with Gasteiger partial charge in [0, 0.05) is 6.92 Å². The maximum Gasteiger partial charge on any atom is 0.221 e. The van der Waals surface area contributed by atoms with Gasteiger partial charge < -0.3 is 5.32 Å². The summed E-state index contributed by atoms with van der Waals surface area (Å²) < 4.78 is 0. The SMILES string of the molecule is CC(=O)Nc1c(Cl)cc(C(C)(C)C)cc1C(C)(C)C. The Bertz CT molecular complexity index is 493. The van der Waals surface area contributed by atoms with Crippen molar-refractivity contribution < 1.29 is 4.79 Å². The molecule has 106 valence electrons. The smallest absolute Gasteiger partial charge is 0.221 e. The summed E-state index contributed by atoms with van der Waals surface area (Å²) in [6.45, 7) is 14.3. The third-order valence-corrected chi connectivity index (χ3v) is 3.36. The summed E-state index contributed by atoms with van der Waals surface area (Å²) in [5.41, 5.74) is 2.92. The number of benzene rings is 1. The van der Waals surface area contributed by atoms with Crippen molar-refractivity contribution in [3.63, 3.8) is 0 Å². The lowest BCUT2D eigenvalue weighted by atomic mass is 9.80. The van der Waals surface area contributed by atoms with Gasteiger partial charge in [-0.15, -0.1) is 0 Å². The van der Waals surface area contributed by atoms with Gasteiger partial charge in [0.15, 0.2) is 0 Å². The Balaban J connectivity index is 3.52. The fraction of sp³-hybridized carbons (Fsp3) is 0.562. The molecule has 0 bridgehead atoms. The molecule has 0 aromatic heterocycles. The van der Waals surface area contributed by atoms with Crippen LogP contribution in [-0.2, 0) is 15.6 Å². The van der Waals surface area contributed by atoms with Gasteiger partial charge in [0.2, 0.25) is 5.91 Å². The molecule has 0 spiro atoms. The molecule has 0 aliphatic carbocycles. The third kappa shape index (κ3) is 3.97. The van der Waals surface area contributed by atoms with Gasteiger partial charge in [-0.1, -0.05) is 59.2 Å². The van der Waals surface area contributed by atoms with Crippen LogP contribution >= 0.6 is 11.6 Å². The van der Waals surface area contributed by atoms with Crippen molar-refractivity contribution in [2.45, 2.75) is 59.3 Å². The monoisotopic (exact) mass is 281 g/mol. The van der Waals surface area contributed by atoms with Gasteiger partial charge in [-0.2, -0.15) is 0 Å². The van der Waals surface area contributed by atoms with Crippen LogP contribution in [0.5, 0.6) is 0 Å². The standard InChI is InChI=1S/C16H24ClNO/c1-10(19)18-14-12(16(5,6)7)8-11(9-13(14)17)15(2,3)4/h8-9H,1-7H3,(H,18,19). The van der Waals surface area contributed by atoms with Crippen LogP contribution in [0.25, 0.3) is 0 Å². The van der Waals surface area contributed by atoms with Crippen LogP contribution in [0.15, 0.2) is 12.1 Å². The van der Waals surface area contributed by atoms with Crippen molar-refractivity contribution in [1.82, 2.24) is 0 Å². The summed E-state index contributed by atoms with van der Waals surface area (Å²) in [4.78, 5) is 11.4. The van der Waals surface area contributed by atoms with Crippen LogP contribution in [0.2, 0.25) is 5.02 Å². The molecule has 0 atom stereocenters. The van der Waals surface area contributed by atoms with Crippen molar-refractivity contribution in [3.8, 4) is 0 Å². The van der Waals surface area contributed by atoms with Crippen LogP contribution in [-0.4, -0.2) is 5.91 Å². The second-order valence-electron chi connectivity index (χ2n) is 7.06. The van der Waals surface area contributed by atoms with Crippen LogP contribution in [0.1, 0.15) is 59.6 Å². The Morgan fingerprint density at radius 3 is 1.95 bits per heavy atom. The first-order chi connectivity index (χ1) is 8.43. The molecular formula is C16H24ClNO. The van der Waals surface area contributed by atoms with Crippen molar-refractivity contribution in [1.29, 1.82) is 0 Å². The minimum absolute atomic E-state index is 0.0262. The van der Waals surface area contributed by atoms with Crippen molar-refractivity contribution in [3.05, 3.63) is 28.3 Å². The molecule has 1 aromatic carbocycles. The summed E-state index contributed by atoms with van der Waals surface area (Å²) in [6.07, 6.45) is 0. The highest BCUT2D eigenvalue weighted by Crippen LogP contribution is 2.39. The zero-order valence-electron chi connectivity index (χ0n) is 12.9. The number of amides is 1. The molecule has 0 heterocycles. The quantitative estimate of drug-likeness (QED) is 0.780.